The van der Waals surface area contributed by atoms with Gasteiger partial charge in [-0.05, 0) is 73.1 Å². The van der Waals surface area contributed by atoms with E-state index in [9.17, 15) is 18.0 Å². The van der Waals surface area contributed by atoms with Crippen LogP contribution in [0.1, 0.15) is 56.4 Å². The topological polar surface area (TPSA) is 59.4 Å². The molecule has 35 heavy (non-hydrogen) atoms. The lowest BCUT2D eigenvalue weighted by Gasteiger charge is -2.40. The summed E-state index contributed by atoms with van der Waals surface area (Å²) in [6.45, 7) is 6.80. The molecule has 0 spiro atoms. The van der Waals surface area contributed by atoms with Gasteiger partial charge in [0.05, 0.1) is 11.0 Å². The molecule has 3 aromatic rings. The summed E-state index contributed by atoms with van der Waals surface area (Å²) in [5.74, 6) is 0.728. The van der Waals surface area contributed by atoms with Crippen molar-refractivity contribution in [2.45, 2.75) is 52.4 Å². The molecule has 1 aromatic heterocycles. The molecule has 1 aliphatic rings. The normalized spacial score (nSPS) is 20.0. The molecule has 1 aliphatic carbocycles. The highest BCUT2D eigenvalue weighted by Crippen LogP contribution is 2.46. The molecule has 0 radical (unpaired) electrons. The van der Waals surface area contributed by atoms with E-state index in [4.69, 9.17) is 4.98 Å². The van der Waals surface area contributed by atoms with Crippen molar-refractivity contribution in [2.24, 2.45) is 11.3 Å². The molecule has 1 saturated carbocycles. The van der Waals surface area contributed by atoms with Crippen LogP contribution in [0.25, 0.3) is 11.0 Å². The van der Waals surface area contributed by atoms with Gasteiger partial charge in [-0.3, -0.25) is 4.79 Å². The lowest BCUT2D eigenvalue weighted by atomic mass is 9.70. The number of imidazole rings is 1. The van der Waals surface area contributed by atoms with Gasteiger partial charge in [0.1, 0.15) is 5.75 Å². The maximum Gasteiger partial charge on any atom is 0.573 e. The zero-order valence-corrected chi connectivity index (χ0v) is 20.6. The van der Waals surface area contributed by atoms with Crippen LogP contribution < -0.4 is 10.1 Å². The van der Waals surface area contributed by atoms with Crippen LogP contribution in [-0.2, 0) is 0 Å². The second-order valence-electron chi connectivity index (χ2n) is 10.5. The minimum absolute atomic E-state index is 0.108. The summed E-state index contributed by atoms with van der Waals surface area (Å²) in [5.41, 5.74) is 2.89. The number of ether oxygens (including phenoxy) is 1. The Bertz CT molecular complexity index is 1220. The third-order valence-corrected chi connectivity index (χ3v) is 6.42. The third-order valence-electron chi connectivity index (χ3n) is 6.42. The van der Waals surface area contributed by atoms with Crippen molar-refractivity contribution in [3.63, 3.8) is 0 Å². The number of alkyl halides is 3. The summed E-state index contributed by atoms with van der Waals surface area (Å²) >= 11 is 0. The fraction of sp³-hybridized carbons (Fsp3) is 0.462. The van der Waals surface area contributed by atoms with Crippen molar-refractivity contribution in [3.8, 4) is 5.75 Å². The summed E-state index contributed by atoms with van der Waals surface area (Å²) in [6.07, 6.45) is -1.65. The van der Waals surface area contributed by atoms with E-state index in [1.165, 1.54) is 29.2 Å². The molecule has 9 heteroatoms. The second-order valence-corrected chi connectivity index (χ2v) is 10.5. The molecule has 0 unspecified atom stereocenters. The van der Waals surface area contributed by atoms with Gasteiger partial charge in [0.15, 0.2) is 0 Å². The van der Waals surface area contributed by atoms with Crippen LogP contribution in [-0.4, -0.2) is 40.8 Å². The summed E-state index contributed by atoms with van der Waals surface area (Å²) in [4.78, 5) is 18.8. The predicted molar refractivity (Wildman–Crippen MR) is 130 cm³/mol. The van der Waals surface area contributed by atoms with Crippen LogP contribution in [0.3, 0.4) is 0 Å². The van der Waals surface area contributed by atoms with Gasteiger partial charge in [-0.25, -0.2) is 4.98 Å². The molecule has 0 aliphatic heterocycles. The van der Waals surface area contributed by atoms with Crippen LogP contribution in [0.2, 0.25) is 0 Å². The predicted octanol–water partition coefficient (Wildman–Crippen LogP) is 6.77. The Morgan fingerprint density at radius 3 is 2.43 bits per heavy atom. The van der Waals surface area contributed by atoms with Gasteiger partial charge in [-0.2, -0.15) is 0 Å². The van der Waals surface area contributed by atoms with Gasteiger partial charge in [0.2, 0.25) is 5.95 Å². The molecule has 0 saturated heterocycles. The van der Waals surface area contributed by atoms with E-state index in [1.54, 1.807) is 20.2 Å². The number of carbonyl (C=O) groups is 1. The van der Waals surface area contributed by atoms with Crippen LogP contribution in [0.5, 0.6) is 5.75 Å². The number of amides is 1. The Morgan fingerprint density at radius 1 is 1.14 bits per heavy atom. The van der Waals surface area contributed by atoms with Crippen LogP contribution >= 0.6 is 0 Å². The summed E-state index contributed by atoms with van der Waals surface area (Å²) in [5, 5.41) is 3.28. The van der Waals surface area contributed by atoms with Gasteiger partial charge in [-0.1, -0.05) is 20.8 Å². The van der Waals surface area contributed by atoms with Gasteiger partial charge < -0.3 is 19.5 Å². The van der Waals surface area contributed by atoms with E-state index in [1.807, 2.05) is 12.1 Å². The largest absolute Gasteiger partial charge is 0.573 e. The fourth-order valence-corrected chi connectivity index (χ4v) is 5.31. The SMILES string of the molecule is C[C@H]1C[C@@H](n2c(Nc3ccc(OC(F)(F)F)cc3)nc3cc(C(=O)N(C)C)ccc32)CC(C)(C)C1. The highest BCUT2D eigenvalue weighted by Gasteiger charge is 2.35. The van der Waals surface area contributed by atoms with E-state index >= 15 is 0 Å². The van der Waals surface area contributed by atoms with Crippen molar-refractivity contribution in [2.75, 3.05) is 19.4 Å². The average Bonchev–Trinajstić information content (AvgIpc) is 3.09. The lowest BCUT2D eigenvalue weighted by Crippen LogP contribution is -2.29. The Kier molecular flexibility index (Phi) is 6.46. The molecule has 188 valence electrons. The maximum atomic E-state index is 12.5. The lowest BCUT2D eigenvalue weighted by molar-refractivity contribution is -0.274. The smallest absolute Gasteiger partial charge is 0.406 e. The molecule has 1 N–H and O–H groups in total. The zero-order chi connectivity index (χ0) is 25.5. The van der Waals surface area contributed by atoms with Gasteiger partial charge >= 0.3 is 6.36 Å². The van der Waals surface area contributed by atoms with Crippen molar-refractivity contribution in [1.82, 2.24) is 14.5 Å². The first-order valence-corrected chi connectivity index (χ1v) is 11.7. The van der Waals surface area contributed by atoms with E-state index in [-0.39, 0.29) is 23.1 Å². The first-order chi connectivity index (χ1) is 16.3. The first-order valence-electron chi connectivity index (χ1n) is 11.7. The van der Waals surface area contributed by atoms with E-state index in [0.29, 0.717) is 28.6 Å². The minimum Gasteiger partial charge on any atom is -0.406 e. The Morgan fingerprint density at radius 2 is 1.83 bits per heavy atom. The number of hydrogen-bond acceptors (Lipinski definition) is 4. The molecule has 4 rings (SSSR count). The highest BCUT2D eigenvalue weighted by atomic mass is 19.4. The van der Waals surface area contributed by atoms with Crippen LogP contribution in [0.15, 0.2) is 42.5 Å². The number of nitrogens with one attached hydrogen (secondary N) is 1. The number of carbonyl (C=O) groups excluding carboxylic acids is 1. The number of aromatic nitrogens is 2. The highest BCUT2D eigenvalue weighted by molar-refractivity contribution is 5.97. The minimum atomic E-state index is -4.74. The summed E-state index contributed by atoms with van der Waals surface area (Å²) in [7, 11) is 3.41. The van der Waals surface area contributed by atoms with Crippen LogP contribution in [0, 0.1) is 11.3 Å². The number of halogens is 3. The number of benzene rings is 2. The Labute approximate surface area is 203 Å². The standard InChI is InChI=1S/C26H31F3N4O2/c1-16-12-19(15-25(2,3)14-16)33-22-11-6-17(23(34)32(4)5)13-21(22)31-24(33)30-18-7-9-20(10-8-18)35-26(27,28)29/h6-11,13,16,19H,12,14-15H2,1-5H3,(H,30,31)/t16-,19+/m0/s1. The van der Waals surface area contributed by atoms with Crippen molar-refractivity contribution < 1.29 is 22.7 Å². The Hall–Kier alpha value is -3.23. The van der Waals surface area contributed by atoms with Crippen molar-refractivity contribution in [1.29, 1.82) is 0 Å². The number of hydrogen-bond donors (Lipinski definition) is 1. The number of rotatable bonds is 5. The van der Waals surface area contributed by atoms with Gasteiger partial charge in [-0.15, -0.1) is 13.2 Å². The number of nitrogens with zero attached hydrogens (tertiary/aromatic N) is 3. The molecule has 0 bridgehead atoms. The molecule has 2 atom stereocenters. The van der Waals surface area contributed by atoms with Crippen LogP contribution in [0.4, 0.5) is 24.8 Å². The molecule has 2 aromatic carbocycles. The van der Waals surface area contributed by atoms with Gasteiger partial charge in [0, 0.05) is 31.4 Å². The molecule has 6 nitrogen and oxygen atoms in total. The average molecular weight is 489 g/mol. The summed E-state index contributed by atoms with van der Waals surface area (Å²) < 4.78 is 43.7. The van der Waals surface area contributed by atoms with Crippen molar-refractivity contribution in [3.05, 3.63) is 48.0 Å². The maximum absolute atomic E-state index is 12.5. The quantitative estimate of drug-likeness (QED) is 0.431. The molecular weight excluding hydrogens is 457 g/mol. The monoisotopic (exact) mass is 488 g/mol. The molecule has 1 amide bonds. The zero-order valence-electron chi connectivity index (χ0n) is 20.6. The first kappa shape index (κ1) is 24.9. The number of anilines is 2. The second kappa shape index (κ2) is 9.09. The third kappa shape index (κ3) is 5.71. The van der Waals surface area contributed by atoms with Crippen molar-refractivity contribution >= 4 is 28.6 Å². The van der Waals surface area contributed by atoms with E-state index in [0.717, 1.165) is 24.8 Å². The van der Waals surface area contributed by atoms with E-state index in [2.05, 4.69) is 35.4 Å². The fourth-order valence-electron chi connectivity index (χ4n) is 5.31. The number of fused-ring (bicyclic) bond motifs is 1. The molecule has 1 fully saturated rings. The van der Waals surface area contributed by atoms with Gasteiger partial charge in [0.25, 0.3) is 5.91 Å². The summed E-state index contributed by atoms with van der Waals surface area (Å²) in [6, 6.07) is 11.3. The van der Waals surface area contributed by atoms with E-state index < -0.39 is 6.36 Å². The molecule has 1 heterocycles. The Balaban J connectivity index is 1.74. The molecular formula is C26H31F3N4O2.